The molecule has 0 radical (unpaired) electrons. The highest BCUT2D eigenvalue weighted by atomic mass is 14.2. The standard InChI is InChI=1S/C45H34/c1-27-7-9-30-21-39-23-35(13-11-32(39)19-37(30)15-27)42-6-4-5-34-25-45-41(26-44(34)42)17-29(3)18-43(45)36-14-12-33-20-38-16-28(2)8-10-31(38)22-40(33)24-36/h4-16,18-26,29H,17H2,1-3H3. The van der Waals surface area contributed by atoms with Crippen molar-refractivity contribution in [3.63, 3.8) is 0 Å². The van der Waals surface area contributed by atoms with Crippen LogP contribution in [0.25, 0.3) is 70.6 Å². The monoisotopic (exact) mass is 574 g/mol. The summed E-state index contributed by atoms with van der Waals surface area (Å²) in [6, 6.07) is 48.5. The van der Waals surface area contributed by atoms with Gasteiger partial charge in [0.05, 0.1) is 0 Å². The van der Waals surface area contributed by atoms with Gasteiger partial charge in [-0.15, -0.1) is 0 Å². The van der Waals surface area contributed by atoms with Gasteiger partial charge >= 0.3 is 0 Å². The molecule has 0 bridgehead atoms. The first-order chi connectivity index (χ1) is 21.9. The van der Waals surface area contributed by atoms with E-state index in [4.69, 9.17) is 0 Å². The number of aryl methyl sites for hydroxylation is 2. The number of benzene rings is 8. The molecule has 9 rings (SSSR count). The van der Waals surface area contributed by atoms with Crippen LogP contribution in [-0.2, 0) is 6.42 Å². The molecule has 0 aromatic heterocycles. The number of rotatable bonds is 2. The molecule has 0 aliphatic heterocycles. The molecule has 0 amide bonds. The Hall–Kier alpha value is -5.20. The Kier molecular flexibility index (Phi) is 5.77. The van der Waals surface area contributed by atoms with Crippen LogP contribution in [0.15, 0.2) is 133 Å². The van der Waals surface area contributed by atoms with E-state index in [0.29, 0.717) is 5.92 Å². The summed E-state index contributed by atoms with van der Waals surface area (Å²) in [6.45, 7) is 6.68. The maximum atomic E-state index is 2.48. The molecule has 0 heteroatoms. The van der Waals surface area contributed by atoms with E-state index in [1.54, 1.807) is 0 Å². The molecular weight excluding hydrogens is 540 g/mol. The van der Waals surface area contributed by atoms with Gasteiger partial charge in [-0.05, 0) is 162 Å². The number of hydrogen-bond donors (Lipinski definition) is 0. The summed E-state index contributed by atoms with van der Waals surface area (Å²) in [5.41, 5.74) is 10.6. The minimum atomic E-state index is 0.477. The molecule has 0 fully saturated rings. The fraction of sp³-hybridized carbons (Fsp3) is 0.111. The summed E-state index contributed by atoms with van der Waals surface area (Å²) in [5, 5.41) is 13.0. The fourth-order valence-corrected chi connectivity index (χ4v) is 7.64. The summed E-state index contributed by atoms with van der Waals surface area (Å²) in [4.78, 5) is 0. The predicted molar refractivity (Wildman–Crippen MR) is 195 cm³/mol. The van der Waals surface area contributed by atoms with Crippen LogP contribution in [0.4, 0.5) is 0 Å². The maximum absolute atomic E-state index is 2.48. The topological polar surface area (TPSA) is 0 Å². The van der Waals surface area contributed by atoms with Crippen LogP contribution in [0, 0.1) is 19.8 Å². The molecule has 0 nitrogen and oxygen atoms in total. The Bertz CT molecular complexity index is 2540. The van der Waals surface area contributed by atoms with Gasteiger partial charge in [-0.25, -0.2) is 0 Å². The Labute approximate surface area is 264 Å². The van der Waals surface area contributed by atoms with Crippen LogP contribution in [0.5, 0.6) is 0 Å². The van der Waals surface area contributed by atoms with E-state index >= 15 is 0 Å². The molecule has 1 unspecified atom stereocenters. The van der Waals surface area contributed by atoms with Gasteiger partial charge in [0.15, 0.2) is 0 Å². The van der Waals surface area contributed by atoms with Gasteiger partial charge in [-0.2, -0.15) is 0 Å². The highest BCUT2D eigenvalue weighted by Gasteiger charge is 2.20. The SMILES string of the molecule is Cc1ccc2cc3cc(C4=CC(C)Cc5cc6c(-c7ccc8cc9cc(C)ccc9cc8c7)cccc6cc54)ccc3cc2c1. The maximum Gasteiger partial charge on any atom is -0.0102 e. The van der Waals surface area contributed by atoms with Crippen molar-refractivity contribution in [2.75, 3.05) is 0 Å². The number of fused-ring (bicyclic) bond motifs is 6. The largest absolute Gasteiger partial charge is 0.0729 e. The van der Waals surface area contributed by atoms with E-state index in [2.05, 4.69) is 154 Å². The Balaban J connectivity index is 1.16. The van der Waals surface area contributed by atoms with Gasteiger partial charge in [0, 0.05) is 0 Å². The van der Waals surface area contributed by atoms with Gasteiger partial charge in [0.25, 0.3) is 0 Å². The van der Waals surface area contributed by atoms with Gasteiger partial charge in [0.2, 0.25) is 0 Å². The molecule has 8 aromatic rings. The second-order valence-electron chi connectivity index (χ2n) is 13.3. The summed E-state index contributed by atoms with van der Waals surface area (Å²) >= 11 is 0. The third-order valence-electron chi connectivity index (χ3n) is 9.91. The average Bonchev–Trinajstić information content (AvgIpc) is 3.04. The van der Waals surface area contributed by atoms with Crippen LogP contribution in [0.1, 0.15) is 34.7 Å². The van der Waals surface area contributed by atoms with E-state index in [9.17, 15) is 0 Å². The minimum Gasteiger partial charge on any atom is -0.0729 e. The van der Waals surface area contributed by atoms with E-state index in [1.807, 2.05) is 0 Å². The molecule has 1 aliphatic carbocycles. The van der Waals surface area contributed by atoms with Gasteiger partial charge < -0.3 is 0 Å². The molecule has 0 heterocycles. The van der Waals surface area contributed by atoms with Crippen molar-refractivity contribution < 1.29 is 0 Å². The molecule has 45 heavy (non-hydrogen) atoms. The third-order valence-corrected chi connectivity index (χ3v) is 9.91. The third kappa shape index (κ3) is 4.44. The van der Waals surface area contributed by atoms with Crippen molar-refractivity contribution in [2.24, 2.45) is 5.92 Å². The molecule has 1 atom stereocenters. The van der Waals surface area contributed by atoms with Crippen LogP contribution in [-0.4, -0.2) is 0 Å². The van der Waals surface area contributed by atoms with Crippen molar-refractivity contribution in [3.8, 4) is 11.1 Å². The zero-order chi connectivity index (χ0) is 30.2. The van der Waals surface area contributed by atoms with Gasteiger partial charge in [0.1, 0.15) is 0 Å². The lowest BCUT2D eigenvalue weighted by atomic mass is 9.80. The number of allylic oxidation sites excluding steroid dienone is 1. The lowest BCUT2D eigenvalue weighted by molar-refractivity contribution is 0.714. The summed E-state index contributed by atoms with van der Waals surface area (Å²) in [7, 11) is 0. The van der Waals surface area contributed by atoms with E-state index in [1.165, 1.54) is 98.4 Å². The lowest BCUT2D eigenvalue weighted by Crippen LogP contribution is -2.08. The van der Waals surface area contributed by atoms with Crippen molar-refractivity contribution >= 4 is 59.4 Å². The first kappa shape index (κ1) is 26.2. The molecule has 0 saturated heterocycles. The van der Waals surface area contributed by atoms with E-state index < -0.39 is 0 Å². The van der Waals surface area contributed by atoms with Crippen LogP contribution in [0.3, 0.4) is 0 Å². The highest BCUT2D eigenvalue weighted by molar-refractivity contribution is 6.05. The summed E-state index contributed by atoms with van der Waals surface area (Å²) in [5.74, 6) is 0.477. The van der Waals surface area contributed by atoms with Crippen LogP contribution in [0.2, 0.25) is 0 Å². The molecular formula is C45H34. The lowest BCUT2D eigenvalue weighted by Gasteiger charge is -2.24. The zero-order valence-electron chi connectivity index (χ0n) is 26.0. The Morgan fingerprint density at radius 1 is 0.444 bits per heavy atom. The quantitative estimate of drug-likeness (QED) is 0.180. The molecule has 1 aliphatic rings. The molecule has 0 spiro atoms. The fourth-order valence-electron chi connectivity index (χ4n) is 7.64. The molecule has 8 aromatic carbocycles. The normalized spacial score (nSPS) is 14.8. The predicted octanol–water partition coefficient (Wildman–Crippen LogP) is 12.4. The molecule has 0 saturated carbocycles. The van der Waals surface area contributed by atoms with E-state index in [0.717, 1.165) is 6.42 Å². The van der Waals surface area contributed by atoms with Crippen molar-refractivity contribution in [3.05, 3.63) is 161 Å². The minimum absolute atomic E-state index is 0.477. The van der Waals surface area contributed by atoms with Crippen LogP contribution < -0.4 is 0 Å². The second kappa shape index (κ2) is 9.91. The van der Waals surface area contributed by atoms with Gasteiger partial charge in [-0.1, -0.05) is 103 Å². The summed E-state index contributed by atoms with van der Waals surface area (Å²) < 4.78 is 0. The van der Waals surface area contributed by atoms with Crippen molar-refractivity contribution in [1.29, 1.82) is 0 Å². The summed E-state index contributed by atoms with van der Waals surface area (Å²) in [6.07, 6.45) is 3.54. The average molecular weight is 575 g/mol. The molecule has 0 N–H and O–H groups in total. The Morgan fingerprint density at radius 2 is 1.00 bits per heavy atom. The smallest absolute Gasteiger partial charge is 0.0102 e. The number of hydrogen-bond acceptors (Lipinski definition) is 0. The Morgan fingerprint density at radius 3 is 1.64 bits per heavy atom. The molecule has 214 valence electrons. The van der Waals surface area contributed by atoms with Crippen molar-refractivity contribution in [2.45, 2.75) is 27.2 Å². The van der Waals surface area contributed by atoms with Crippen LogP contribution >= 0.6 is 0 Å². The highest BCUT2D eigenvalue weighted by Crippen LogP contribution is 2.40. The first-order valence-corrected chi connectivity index (χ1v) is 16.1. The second-order valence-corrected chi connectivity index (χ2v) is 13.3. The van der Waals surface area contributed by atoms with Crippen molar-refractivity contribution in [1.82, 2.24) is 0 Å². The van der Waals surface area contributed by atoms with Gasteiger partial charge in [-0.3, -0.25) is 0 Å². The first-order valence-electron chi connectivity index (χ1n) is 16.1. The zero-order valence-corrected chi connectivity index (χ0v) is 26.0. The van der Waals surface area contributed by atoms with E-state index in [-0.39, 0.29) is 0 Å².